The molecule has 0 heterocycles. The zero-order valence-corrected chi connectivity index (χ0v) is 15.5. The van der Waals surface area contributed by atoms with Gasteiger partial charge >= 0.3 is 0 Å². The van der Waals surface area contributed by atoms with Gasteiger partial charge in [0, 0.05) is 30.3 Å². The molecule has 0 aliphatic carbocycles. The van der Waals surface area contributed by atoms with Gasteiger partial charge in [-0.2, -0.15) is 5.10 Å². The van der Waals surface area contributed by atoms with E-state index in [0.29, 0.717) is 34.1 Å². The Labute approximate surface area is 157 Å². The van der Waals surface area contributed by atoms with Crippen molar-refractivity contribution in [3.05, 3.63) is 47.5 Å². The number of hydrogen-bond acceptors (Lipinski definition) is 6. The number of carbonyl (C=O) groups is 2. The van der Waals surface area contributed by atoms with Crippen LogP contribution in [-0.2, 0) is 4.79 Å². The average molecular weight is 371 g/mol. The lowest BCUT2D eigenvalue weighted by Crippen LogP contribution is -2.18. The third-order valence-electron chi connectivity index (χ3n) is 3.56. The van der Waals surface area contributed by atoms with Crippen LogP contribution in [0.2, 0.25) is 0 Å². The minimum atomic E-state index is -0.426. The Morgan fingerprint density at radius 1 is 1.00 bits per heavy atom. The van der Waals surface area contributed by atoms with Gasteiger partial charge in [0.2, 0.25) is 5.91 Å². The first-order valence-electron chi connectivity index (χ1n) is 7.99. The summed E-state index contributed by atoms with van der Waals surface area (Å²) in [6.07, 6.45) is 1.42. The molecule has 2 amide bonds. The number of anilines is 1. The lowest BCUT2D eigenvalue weighted by molar-refractivity contribution is -0.114. The third kappa shape index (κ3) is 5.21. The second-order valence-corrected chi connectivity index (χ2v) is 5.41. The molecule has 0 atom stereocenters. The number of methoxy groups -OCH3 is 3. The summed E-state index contributed by atoms with van der Waals surface area (Å²) in [7, 11) is 4.56. The van der Waals surface area contributed by atoms with Crippen LogP contribution in [0, 0.1) is 0 Å². The molecule has 2 rings (SSSR count). The summed E-state index contributed by atoms with van der Waals surface area (Å²) >= 11 is 0. The summed E-state index contributed by atoms with van der Waals surface area (Å²) in [5, 5.41) is 6.59. The van der Waals surface area contributed by atoms with Gasteiger partial charge in [-0.05, 0) is 18.2 Å². The molecule has 142 valence electrons. The number of carbonyl (C=O) groups excluding carboxylic acids is 2. The van der Waals surface area contributed by atoms with Gasteiger partial charge in [0.25, 0.3) is 5.91 Å². The van der Waals surface area contributed by atoms with E-state index in [2.05, 4.69) is 15.8 Å². The van der Waals surface area contributed by atoms with Crippen molar-refractivity contribution in [3.8, 4) is 17.2 Å². The van der Waals surface area contributed by atoms with E-state index in [1.807, 2.05) is 0 Å². The van der Waals surface area contributed by atoms with E-state index < -0.39 is 5.91 Å². The van der Waals surface area contributed by atoms with Crippen LogP contribution in [0.5, 0.6) is 17.2 Å². The monoisotopic (exact) mass is 371 g/mol. The fourth-order valence-electron chi connectivity index (χ4n) is 2.32. The predicted octanol–water partition coefficient (Wildman–Crippen LogP) is 2.43. The number of nitrogens with one attached hydrogen (secondary N) is 2. The average Bonchev–Trinajstić information content (AvgIpc) is 2.67. The van der Waals surface area contributed by atoms with Crippen LogP contribution in [0.3, 0.4) is 0 Å². The lowest BCUT2D eigenvalue weighted by Gasteiger charge is -2.12. The van der Waals surface area contributed by atoms with Crippen molar-refractivity contribution >= 4 is 23.7 Å². The number of hydrazone groups is 1. The molecule has 0 spiro atoms. The summed E-state index contributed by atoms with van der Waals surface area (Å²) in [6, 6.07) is 9.89. The molecule has 0 aliphatic heterocycles. The summed E-state index contributed by atoms with van der Waals surface area (Å²) in [5.41, 5.74) is 3.86. The minimum absolute atomic E-state index is 0.218. The second kappa shape index (κ2) is 9.23. The molecule has 0 saturated carbocycles. The largest absolute Gasteiger partial charge is 0.496 e. The first-order chi connectivity index (χ1) is 13.0. The van der Waals surface area contributed by atoms with Crippen LogP contribution in [0.4, 0.5) is 5.69 Å². The van der Waals surface area contributed by atoms with Gasteiger partial charge in [0.05, 0.1) is 33.1 Å². The molecule has 0 aliphatic rings. The van der Waals surface area contributed by atoms with Crippen LogP contribution in [0.1, 0.15) is 22.8 Å². The molecular weight excluding hydrogens is 350 g/mol. The minimum Gasteiger partial charge on any atom is -0.496 e. The van der Waals surface area contributed by atoms with Crippen LogP contribution in [0.15, 0.2) is 41.5 Å². The Balaban J connectivity index is 2.18. The molecular formula is C19H21N3O5. The van der Waals surface area contributed by atoms with E-state index in [4.69, 9.17) is 14.2 Å². The molecule has 0 unspecified atom stereocenters. The number of ether oxygens (including phenoxy) is 3. The number of hydrogen-bond donors (Lipinski definition) is 2. The van der Waals surface area contributed by atoms with Crippen LogP contribution >= 0.6 is 0 Å². The van der Waals surface area contributed by atoms with E-state index >= 15 is 0 Å². The highest BCUT2D eigenvalue weighted by Gasteiger charge is 2.12. The first kappa shape index (κ1) is 19.8. The summed E-state index contributed by atoms with van der Waals surface area (Å²) in [5.74, 6) is 0.891. The van der Waals surface area contributed by atoms with E-state index in [1.165, 1.54) is 34.5 Å². The molecule has 0 fully saturated rings. The van der Waals surface area contributed by atoms with Crippen molar-refractivity contribution in [2.24, 2.45) is 5.10 Å². The van der Waals surface area contributed by atoms with Crippen molar-refractivity contribution in [1.82, 2.24) is 5.43 Å². The van der Waals surface area contributed by atoms with Gasteiger partial charge in [0.1, 0.15) is 17.2 Å². The molecule has 0 bridgehead atoms. The third-order valence-corrected chi connectivity index (χ3v) is 3.56. The van der Waals surface area contributed by atoms with E-state index in [-0.39, 0.29) is 5.91 Å². The highest BCUT2D eigenvalue weighted by atomic mass is 16.5. The summed E-state index contributed by atoms with van der Waals surface area (Å²) < 4.78 is 15.8. The van der Waals surface area contributed by atoms with Crippen molar-refractivity contribution in [1.29, 1.82) is 0 Å². The fourth-order valence-corrected chi connectivity index (χ4v) is 2.32. The molecule has 2 aromatic carbocycles. The van der Waals surface area contributed by atoms with E-state index in [1.54, 1.807) is 36.4 Å². The SMILES string of the molecule is COc1cc(OC)c(/C=N\NC(=O)c2cccc(NC(C)=O)c2)c(OC)c1. The topological polar surface area (TPSA) is 98.3 Å². The highest BCUT2D eigenvalue weighted by Crippen LogP contribution is 2.32. The number of nitrogens with zero attached hydrogens (tertiary/aromatic N) is 1. The Hall–Kier alpha value is -3.55. The molecule has 8 heteroatoms. The van der Waals surface area contributed by atoms with E-state index in [0.717, 1.165) is 0 Å². The Kier molecular flexibility index (Phi) is 6.76. The fraction of sp³-hybridized carbons (Fsp3) is 0.211. The standard InChI is InChI=1S/C19H21N3O5/c1-12(23)21-14-7-5-6-13(8-14)19(24)22-20-11-16-17(26-3)9-15(25-2)10-18(16)27-4/h5-11H,1-4H3,(H,21,23)(H,22,24)/b20-11-. The molecule has 2 aromatic rings. The van der Waals surface area contributed by atoms with Gasteiger partial charge in [-0.3, -0.25) is 9.59 Å². The Morgan fingerprint density at radius 3 is 2.22 bits per heavy atom. The normalized spacial score (nSPS) is 10.4. The molecule has 27 heavy (non-hydrogen) atoms. The molecule has 2 N–H and O–H groups in total. The maximum absolute atomic E-state index is 12.3. The number of rotatable bonds is 7. The summed E-state index contributed by atoms with van der Waals surface area (Å²) in [6.45, 7) is 1.40. The second-order valence-electron chi connectivity index (χ2n) is 5.41. The van der Waals surface area contributed by atoms with Crippen molar-refractivity contribution < 1.29 is 23.8 Å². The molecule has 0 aromatic heterocycles. The molecule has 8 nitrogen and oxygen atoms in total. The maximum atomic E-state index is 12.3. The highest BCUT2D eigenvalue weighted by molar-refractivity contribution is 5.97. The van der Waals surface area contributed by atoms with Gasteiger partial charge in [-0.15, -0.1) is 0 Å². The molecule has 0 radical (unpaired) electrons. The summed E-state index contributed by atoms with van der Waals surface area (Å²) in [4.78, 5) is 23.4. The lowest BCUT2D eigenvalue weighted by atomic mass is 10.2. The smallest absolute Gasteiger partial charge is 0.271 e. The Bertz CT molecular complexity index is 839. The van der Waals surface area contributed by atoms with Gasteiger partial charge in [-0.25, -0.2) is 5.43 Å². The first-order valence-corrected chi connectivity index (χ1v) is 7.99. The van der Waals surface area contributed by atoms with Gasteiger partial charge in [0.15, 0.2) is 0 Å². The van der Waals surface area contributed by atoms with Crippen molar-refractivity contribution in [2.45, 2.75) is 6.92 Å². The predicted molar refractivity (Wildman–Crippen MR) is 102 cm³/mol. The molecule has 0 saturated heterocycles. The van der Waals surface area contributed by atoms with Crippen molar-refractivity contribution in [2.75, 3.05) is 26.6 Å². The maximum Gasteiger partial charge on any atom is 0.271 e. The zero-order valence-electron chi connectivity index (χ0n) is 15.5. The van der Waals surface area contributed by atoms with Crippen molar-refractivity contribution in [3.63, 3.8) is 0 Å². The number of benzene rings is 2. The Morgan fingerprint density at radius 2 is 1.67 bits per heavy atom. The zero-order chi connectivity index (χ0) is 19.8. The van der Waals surface area contributed by atoms with Gasteiger partial charge < -0.3 is 19.5 Å². The van der Waals surface area contributed by atoms with E-state index in [9.17, 15) is 9.59 Å². The van der Waals surface area contributed by atoms with Crippen LogP contribution < -0.4 is 25.0 Å². The number of amides is 2. The van der Waals surface area contributed by atoms with Crippen LogP contribution in [-0.4, -0.2) is 39.4 Å². The quantitative estimate of drug-likeness (QED) is 0.575. The van der Waals surface area contributed by atoms with Gasteiger partial charge in [-0.1, -0.05) is 6.07 Å². The van der Waals surface area contributed by atoms with Crippen LogP contribution in [0.25, 0.3) is 0 Å².